The van der Waals surface area contributed by atoms with Crippen molar-refractivity contribution in [3.8, 4) is 0 Å². The molecule has 0 amide bonds. The van der Waals surface area contributed by atoms with Crippen LogP contribution in [0.15, 0.2) is 47.5 Å². The molecule has 2 rings (SSSR count). The monoisotopic (exact) mass is 249 g/mol. The van der Waals surface area contributed by atoms with Crippen molar-refractivity contribution in [1.82, 2.24) is 4.98 Å². The van der Waals surface area contributed by atoms with Gasteiger partial charge in [0.25, 0.3) is 0 Å². The molecule has 0 aliphatic rings. The van der Waals surface area contributed by atoms with E-state index < -0.39 is 0 Å². The number of benzene rings is 1. The summed E-state index contributed by atoms with van der Waals surface area (Å²) in [7, 11) is 0. The van der Waals surface area contributed by atoms with Crippen LogP contribution in [0.5, 0.6) is 0 Å². The maximum absolute atomic E-state index is 13.0. The predicted octanol–water partition coefficient (Wildman–Crippen LogP) is 2.80. The molecule has 2 aromatic rings. The number of nitrogen functional groups attached to an aromatic ring is 1. The first kappa shape index (κ1) is 11.9. The molecule has 3 nitrogen and oxygen atoms in total. The standard InChI is InChI=1S/C12H12FN3S/c13-10-2-1-3-11(7-10)17-8-9-4-5-15-12(6-9)16-14/h1-7H,8,14H2,(H,15,16). The molecular weight excluding hydrogens is 237 g/mol. The lowest BCUT2D eigenvalue weighted by Crippen LogP contribution is -2.08. The van der Waals surface area contributed by atoms with Gasteiger partial charge in [-0.3, -0.25) is 0 Å². The Bertz CT molecular complexity index is 505. The van der Waals surface area contributed by atoms with Crippen molar-refractivity contribution >= 4 is 17.6 Å². The van der Waals surface area contributed by atoms with Gasteiger partial charge in [-0.1, -0.05) is 6.07 Å². The smallest absolute Gasteiger partial charge is 0.140 e. The van der Waals surface area contributed by atoms with Crippen molar-refractivity contribution in [3.63, 3.8) is 0 Å². The zero-order valence-electron chi connectivity index (χ0n) is 9.06. The van der Waals surface area contributed by atoms with E-state index in [1.807, 2.05) is 18.2 Å². The lowest BCUT2D eigenvalue weighted by molar-refractivity contribution is 0.624. The van der Waals surface area contributed by atoms with E-state index >= 15 is 0 Å². The molecule has 0 spiro atoms. The minimum atomic E-state index is -0.214. The molecule has 5 heteroatoms. The van der Waals surface area contributed by atoms with Crippen LogP contribution in [-0.4, -0.2) is 4.98 Å². The van der Waals surface area contributed by atoms with Crippen LogP contribution in [0.2, 0.25) is 0 Å². The summed E-state index contributed by atoms with van der Waals surface area (Å²) in [5.41, 5.74) is 3.58. The van der Waals surface area contributed by atoms with Crippen LogP contribution >= 0.6 is 11.8 Å². The summed E-state index contributed by atoms with van der Waals surface area (Å²) in [5.74, 6) is 6.44. The number of halogens is 1. The molecule has 0 bridgehead atoms. The lowest BCUT2D eigenvalue weighted by Gasteiger charge is -2.04. The van der Waals surface area contributed by atoms with E-state index in [4.69, 9.17) is 5.84 Å². The van der Waals surface area contributed by atoms with Gasteiger partial charge in [0.2, 0.25) is 0 Å². The number of aromatic nitrogens is 1. The molecule has 3 N–H and O–H groups in total. The third-order valence-corrected chi connectivity index (χ3v) is 3.24. The Morgan fingerprint density at radius 2 is 2.18 bits per heavy atom. The minimum absolute atomic E-state index is 0.214. The number of anilines is 1. The molecule has 0 saturated carbocycles. The normalized spacial score (nSPS) is 10.2. The van der Waals surface area contributed by atoms with E-state index in [1.54, 1.807) is 24.0 Å². The van der Waals surface area contributed by atoms with Gasteiger partial charge in [-0.05, 0) is 35.9 Å². The molecule has 88 valence electrons. The first-order valence-corrected chi connectivity index (χ1v) is 6.06. The largest absolute Gasteiger partial charge is 0.308 e. The Labute approximate surface area is 103 Å². The maximum Gasteiger partial charge on any atom is 0.140 e. The van der Waals surface area contributed by atoms with Crippen LogP contribution in [0.4, 0.5) is 10.2 Å². The highest BCUT2D eigenvalue weighted by Gasteiger charge is 1.99. The highest BCUT2D eigenvalue weighted by molar-refractivity contribution is 7.98. The Morgan fingerprint density at radius 1 is 1.29 bits per heavy atom. The summed E-state index contributed by atoms with van der Waals surface area (Å²) >= 11 is 1.57. The molecule has 17 heavy (non-hydrogen) atoms. The lowest BCUT2D eigenvalue weighted by atomic mass is 10.3. The van der Waals surface area contributed by atoms with Gasteiger partial charge in [0, 0.05) is 16.8 Å². The second-order valence-electron chi connectivity index (χ2n) is 3.44. The van der Waals surface area contributed by atoms with Gasteiger partial charge in [-0.25, -0.2) is 15.2 Å². The number of nitrogens with zero attached hydrogens (tertiary/aromatic N) is 1. The third kappa shape index (κ3) is 3.44. The number of nitrogens with two attached hydrogens (primary N) is 1. The van der Waals surface area contributed by atoms with Gasteiger partial charge < -0.3 is 5.43 Å². The SMILES string of the molecule is NNc1cc(CSc2cccc(F)c2)ccn1. The molecule has 1 aromatic heterocycles. The molecule has 0 unspecified atom stereocenters. The molecular formula is C12H12FN3S. The fraction of sp³-hybridized carbons (Fsp3) is 0.0833. The van der Waals surface area contributed by atoms with Gasteiger partial charge in [0.15, 0.2) is 0 Å². The van der Waals surface area contributed by atoms with Crippen molar-refractivity contribution < 1.29 is 4.39 Å². The number of pyridine rings is 1. The number of rotatable bonds is 4. The molecule has 0 atom stereocenters. The van der Waals surface area contributed by atoms with E-state index in [9.17, 15) is 4.39 Å². The van der Waals surface area contributed by atoms with Crippen LogP contribution in [0.1, 0.15) is 5.56 Å². The molecule has 0 aliphatic carbocycles. The molecule has 0 aliphatic heterocycles. The highest BCUT2D eigenvalue weighted by atomic mass is 32.2. The maximum atomic E-state index is 13.0. The zero-order chi connectivity index (χ0) is 12.1. The molecule has 0 saturated heterocycles. The van der Waals surface area contributed by atoms with Crippen LogP contribution in [0, 0.1) is 5.82 Å². The first-order valence-electron chi connectivity index (χ1n) is 5.08. The van der Waals surface area contributed by atoms with Gasteiger partial charge in [0.05, 0.1) is 0 Å². The summed E-state index contributed by atoms with van der Waals surface area (Å²) in [4.78, 5) is 4.93. The number of hydrogen-bond donors (Lipinski definition) is 2. The minimum Gasteiger partial charge on any atom is -0.308 e. The predicted molar refractivity (Wildman–Crippen MR) is 68.0 cm³/mol. The van der Waals surface area contributed by atoms with E-state index in [2.05, 4.69) is 10.4 Å². The topological polar surface area (TPSA) is 50.9 Å². The average molecular weight is 249 g/mol. The van der Waals surface area contributed by atoms with Crippen molar-refractivity contribution in [2.45, 2.75) is 10.6 Å². The fourth-order valence-electron chi connectivity index (χ4n) is 1.37. The second-order valence-corrected chi connectivity index (χ2v) is 4.49. The van der Waals surface area contributed by atoms with Crippen molar-refractivity contribution in [2.24, 2.45) is 5.84 Å². The summed E-state index contributed by atoms with van der Waals surface area (Å²) in [6.45, 7) is 0. The number of nitrogens with one attached hydrogen (secondary N) is 1. The van der Waals surface area contributed by atoms with Crippen LogP contribution in [0.3, 0.4) is 0 Å². The van der Waals surface area contributed by atoms with Gasteiger partial charge in [-0.15, -0.1) is 11.8 Å². The summed E-state index contributed by atoms with van der Waals surface area (Å²) in [6.07, 6.45) is 1.69. The molecule has 0 radical (unpaired) electrons. The van der Waals surface area contributed by atoms with Crippen molar-refractivity contribution in [2.75, 3.05) is 5.43 Å². The number of hydrogen-bond acceptors (Lipinski definition) is 4. The Balaban J connectivity index is 2.02. The summed E-state index contributed by atoms with van der Waals surface area (Å²) < 4.78 is 13.0. The van der Waals surface area contributed by atoms with E-state index in [0.29, 0.717) is 5.82 Å². The highest BCUT2D eigenvalue weighted by Crippen LogP contribution is 2.23. The summed E-state index contributed by atoms with van der Waals surface area (Å²) in [6, 6.07) is 10.3. The quantitative estimate of drug-likeness (QED) is 0.497. The molecule has 0 fully saturated rings. The van der Waals surface area contributed by atoms with Gasteiger partial charge >= 0.3 is 0 Å². The van der Waals surface area contributed by atoms with Crippen molar-refractivity contribution in [3.05, 3.63) is 54.0 Å². The van der Waals surface area contributed by atoms with Gasteiger partial charge in [0.1, 0.15) is 11.6 Å². The van der Waals surface area contributed by atoms with E-state index in [-0.39, 0.29) is 5.82 Å². The van der Waals surface area contributed by atoms with Gasteiger partial charge in [-0.2, -0.15) is 0 Å². The fourth-order valence-corrected chi connectivity index (χ4v) is 2.25. The number of thioether (sulfide) groups is 1. The Morgan fingerprint density at radius 3 is 2.94 bits per heavy atom. The van der Waals surface area contributed by atoms with Crippen molar-refractivity contribution in [1.29, 1.82) is 0 Å². The number of hydrazine groups is 1. The first-order chi connectivity index (χ1) is 8.28. The van der Waals surface area contributed by atoms with Crippen LogP contribution in [-0.2, 0) is 5.75 Å². The van der Waals surface area contributed by atoms with Crippen LogP contribution in [0.25, 0.3) is 0 Å². The van der Waals surface area contributed by atoms with Crippen LogP contribution < -0.4 is 11.3 Å². The summed E-state index contributed by atoms with van der Waals surface area (Å²) in [5, 5.41) is 0. The second kappa shape index (κ2) is 5.65. The van der Waals surface area contributed by atoms with E-state index in [0.717, 1.165) is 16.2 Å². The zero-order valence-corrected chi connectivity index (χ0v) is 9.88. The third-order valence-electron chi connectivity index (χ3n) is 2.17. The molecule has 1 heterocycles. The van der Waals surface area contributed by atoms with E-state index in [1.165, 1.54) is 12.1 Å². The Hall–Kier alpha value is -1.59. The Kier molecular flexibility index (Phi) is 3.95. The average Bonchev–Trinajstić information content (AvgIpc) is 2.37. The molecule has 1 aromatic carbocycles.